The number of rotatable bonds is 7. The first-order chi connectivity index (χ1) is 14.0. The second-order valence-corrected chi connectivity index (χ2v) is 9.22. The Morgan fingerprint density at radius 3 is 2.48 bits per heavy atom. The van der Waals surface area contributed by atoms with E-state index in [0.717, 1.165) is 27.9 Å². The third-order valence-corrected chi connectivity index (χ3v) is 7.13. The van der Waals surface area contributed by atoms with Gasteiger partial charge in [0, 0.05) is 13.0 Å². The highest BCUT2D eigenvalue weighted by molar-refractivity contribution is 7.94. The Labute approximate surface area is 172 Å². The number of benzene rings is 2. The van der Waals surface area contributed by atoms with Crippen LogP contribution in [-0.4, -0.2) is 20.9 Å². The van der Waals surface area contributed by atoms with E-state index in [1.807, 2.05) is 30.3 Å². The molecular formula is C21H18N2O4S2. The molecule has 0 aliphatic carbocycles. The van der Waals surface area contributed by atoms with Crippen LogP contribution < -0.4 is 10.0 Å². The lowest BCUT2D eigenvalue weighted by Crippen LogP contribution is -2.27. The van der Waals surface area contributed by atoms with Crippen LogP contribution in [0.25, 0.3) is 10.8 Å². The van der Waals surface area contributed by atoms with Gasteiger partial charge in [0.2, 0.25) is 0 Å². The van der Waals surface area contributed by atoms with E-state index in [1.165, 1.54) is 6.07 Å². The summed E-state index contributed by atoms with van der Waals surface area (Å²) in [5, 5.41) is 6.21. The lowest BCUT2D eigenvalue weighted by atomic mass is 10.0. The fourth-order valence-electron chi connectivity index (χ4n) is 2.97. The van der Waals surface area contributed by atoms with Crippen molar-refractivity contribution >= 4 is 43.7 Å². The Hall–Kier alpha value is -3.10. The lowest BCUT2D eigenvalue weighted by molar-refractivity contribution is 0.0954. The molecule has 2 heterocycles. The van der Waals surface area contributed by atoms with Gasteiger partial charge in [-0.15, -0.1) is 11.3 Å². The fourth-order valence-corrected chi connectivity index (χ4v) is 5.04. The molecule has 2 aromatic heterocycles. The highest BCUT2D eigenvalue weighted by Crippen LogP contribution is 2.27. The quantitative estimate of drug-likeness (QED) is 0.462. The smallest absolute Gasteiger partial charge is 0.271 e. The van der Waals surface area contributed by atoms with E-state index in [9.17, 15) is 13.2 Å². The number of sulfonamides is 1. The first-order valence-corrected chi connectivity index (χ1v) is 11.3. The van der Waals surface area contributed by atoms with Crippen molar-refractivity contribution in [1.29, 1.82) is 0 Å². The zero-order chi connectivity index (χ0) is 20.3. The summed E-state index contributed by atoms with van der Waals surface area (Å²) in [6.45, 7) is 0.371. The highest BCUT2D eigenvalue weighted by Gasteiger charge is 2.20. The van der Waals surface area contributed by atoms with Crippen LogP contribution in [0.3, 0.4) is 0 Å². The number of furan rings is 1. The zero-order valence-corrected chi connectivity index (χ0v) is 16.9. The topological polar surface area (TPSA) is 88.4 Å². The van der Waals surface area contributed by atoms with Gasteiger partial charge in [0.15, 0.2) is 0 Å². The molecule has 0 spiro atoms. The summed E-state index contributed by atoms with van der Waals surface area (Å²) in [6, 6.07) is 17.7. The van der Waals surface area contributed by atoms with Gasteiger partial charge in [0.05, 0.1) is 17.5 Å². The maximum Gasteiger partial charge on any atom is 0.271 e. The average Bonchev–Trinajstić information content (AvgIpc) is 3.41. The van der Waals surface area contributed by atoms with Crippen molar-refractivity contribution in [1.82, 2.24) is 5.32 Å². The largest absolute Gasteiger partial charge is 0.469 e. The molecule has 0 fully saturated rings. The molecule has 2 aromatic carbocycles. The molecule has 1 amide bonds. The van der Waals surface area contributed by atoms with Crippen molar-refractivity contribution < 1.29 is 17.6 Å². The van der Waals surface area contributed by atoms with Crippen molar-refractivity contribution in [3.05, 3.63) is 83.6 Å². The van der Waals surface area contributed by atoms with Crippen molar-refractivity contribution in [3.8, 4) is 0 Å². The van der Waals surface area contributed by atoms with Gasteiger partial charge in [-0.3, -0.25) is 9.52 Å². The van der Waals surface area contributed by atoms with Crippen LogP contribution in [0.4, 0.5) is 5.69 Å². The number of hydrogen-bond donors (Lipinski definition) is 2. The molecule has 0 bridgehead atoms. The molecule has 148 valence electrons. The Morgan fingerprint density at radius 1 is 1.00 bits per heavy atom. The molecule has 0 radical (unpaired) electrons. The van der Waals surface area contributed by atoms with Crippen molar-refractivity contribution in [3.63, 3.8) is 0 Å². The Kier molecular flexibility index (Phi) is 5.37. The monoisotopic (exact) mass is 426 g/mol. The first kappa shape index (κ1) is 19.2. The molecule has 4 aromatic rings. The van der Waals surface area contributed by atoms with Crippen LogP contribution in [-0.2, 0) is 16.4 Å². The molecule has 0 unspecified atom stereocenters. The molecule has 0 saturated heterocycles. The molecule has 6 nitrogen and oxygen atoms in total. The van der Waals surface area contributed by atoms with Crippen LogP contribution in [0.15, 0.2) is 80.9 Å². The number of amides is 1. The molecule has 8 heteroatoms. The van der Waals surface area contributed by atoms with Gasteiger partial charge < -0.3 is 9.73 Å². The molecule has 0 aliphatic rings. The summed E-state index contributed by atoms with van der Waals surface area (Å²) in [7, 11) is -3.78. The van der Waals surface area contributed by atoms with E-state index in [-0.39, 0.29) is 21.4 Å². The van der Waals surface area contributed by atoms with Gasteiger partial charge in [0.25, 0.3) is 15.9 Å². The Balaban J connectivity index is 1.63. The number of carbonyl (C=O) groups is 1. The second-order valence-electron chi connectivity index (χ2n) is 6.37. The fraction of sp³-hybridized carbons (Fsp3) is 0.0952. The van der Waals surface area contributed by atoms with Gasteiger partial charge in [-0.1, -0.05) is 30.3 Å². The summed E-state index contributed by atoms with van der Waals surface area (Å²) in [4.78, 5) is 12.8. The molecule has 29 heavy (non-hydrogen) atoms. The zero-order valence-electron chi connectivity index (χ0n) is 15.3. The minimum atomic E-state index is -3.78. The van der Waals surface area contributed by atoms with E-state index in [1.54, 1.807) is 35.9 Å². The van der Waals surface area contributed by atoms with Gasteiger partial charge in [-0.2, -0.15) is 0 Å². The number of hydrogen-bond acceptors (Lipinski definition) is 5. The summed E-state index contributed by atoms with van der Waals surface area (Å²) < 4.78 is 33.4. The van der Waals surface area contributed by atoms with E-state index in [4.69, 9.17) is 4.42 Å². The summed E-state index contributed by atoms with van der Waals surface area (Å²) in [5.74, 6) is 0.411. The number of fused-ring (bicyclic) bond motifs is 1. The van der Waals surface area contributed by atoms with Crippen LogP contribution in [0.2, 0.25) is 0 Å². The minimum absolute atomic E-state index is 0.190. The van der Waals surface area contributed by atoms with Gasteiger partial charge in [0.1, 0.15) is 9.97 Å². The third kappa shape index (κ3) is 4.33. The van der Waals surface area contributed by atoms with Crippen LogP contribution in [0.5, 0.6) is 0 Å². The molecule has 0 atom stereocenters. The van der Waals surface area contributed by atoms with Crippen LogP contribution >= 0.6 is 11.3 Å². The Bertz CT molecular complexity index is 1230. The maximum atomic E-state index is 12.8. The Morgan fingerprint density at radius 2 is 1.79 bits per heavy atom. The summed E-state index contributed by atoms with van der Waals surface area (Å²) in [5.41, 5.74) is 0.510. The van der Waals surface area contributed by atoms with Gasteiger partial charge in [-0.05, 0) is 46.5 Å². The predicted molar refractivity (Wildman–Crippen MR) is 114 cm³/mol. The van der Waals surface area contributed by atoms with Crippen molar-refractivity contribution in [2.24, 2.45) is 0 Å². The highest BCUT2D eigenvalue weighted by atomic mass is 32.2. The van der Waals surface area contributed by atoms with E-state index >= 15 is 0 Å². The number of carbonyl (C=O) groups excluding carboxylic acids is 1. The molecule has 0 aliphatic heterocycles. The number of anilines is 1. The van der Waals surface area contributed by atoms with E-state index in [0.29, 0.717) is 13.0 Å². The van der Waals surface area contributed by atoms with E-state index < -0.39 is 10.0 Å². The van der Waals surface area contributed by atoms with E-state index in [2.05, 4.69) is 10.0 Å². The molecule has 4 rings (SSSR count). The SMILES string of the molecule is O=C(NCCc1ccco1)c1cc2ccccc2cc1NS(=O)(=O)c1cccs1. The standard InChI is InChI=1S/C21H18N2O4S2/c24-21(22-10-9-17-7-3-11-27-17)18-13-15-5-1-2-6-16(15)14-19(18)23-29(25,26)20-8-4-12-28-20/h1-8,11-14,23H,9-10H2,(H,22,24). The normalized spacial score (nSPS) is 11.4. The second kappa shape index (κ2) is 8.10. The summed E-state index contributed by atoms with van der Waals surface area (Å²) in [6.07, 6.45) is 2.13. The molecule has 0 saturated carbocycles. The number of nitrogens with one attached hydrogen (secondary N) is 2. The lowest BCUT2D eigenvalue weighted by Gasteiger charge is -2.14. The van der Waals surface area contributed by atoms with Gasteiger partial charge >= 0.3 is 0 Å². The maximum absolute atomic E-state index is 12.8. The third-order valence-electron chi connectivity index (χ3n) is 4.37. The average molecular weight is 427 g/mol. The van der Waals surface area contributed by atoms with Crippen LogP contribution in [0, 0.1) is 0 Å². The van der Waals surface area contributed by atoms with Crippen molar-refractivity contribution in [2.75, 3.05) is 11.3 Å². The summed E-state index contributed by atoms with van der Waals surface area (Å²) >= 11 is 1.12. The van der Waals surface area contributed by atoms with Gasteiger partial charge in [-0.25, -0.2) is 8.42 Å². The minimum Gasteiger partial charge on any atom is -0.469 e. The first-order valence-electron chi connectivity index (χ1n) is 8.93. The molecule has 2 N–H and O–H groups in total. The molecular weight excluding hydrogens is 408 g/mol. The predicted octanol–water partition coefficient (Wildman–Crippen LogP) is 4.27. The van der Waals surface area contributed by atoms with Crippen molar-refractivity contribution in [2.45, 2.75) is 10.6 Å². The van der Waals surface area contributed by atoms with Crippen LogP contribution in [0.1, 0.15) is 16.1 Å². The number of thiophene rings is 1.